The highest BCUT2D eigenvalue weighted by atomic mass is 32.2. The molecule has 2 atom stereocenters. The number of pyridine rings is 1. The number of hydrogen-bond acceptors (Lipinski definition) is 3. The highest BCUT2D eigenvalue weighted by molar-refractivity contribution is 7.99. The topological polar surface area (TPSA) is 22.1 Å². The summed E-state index contributed by atoms with van der Waals surface area (Å²) in [6.45, 7) is 2.46. The second kappa shape index (κ2) is 4.63. The SMILES string of the molecule is CC1OCCC1Sc1nc(F)c(F)cc1F. The summed E-state index contributed by atoms with van der Waals surface area (Å²) in [4.78, 5) is 3.26. The molecule has 1 aliphatic rings. The lowest BCUT2D eigenvalue weighted by Gasteiger charge is -2.13. The molecule has 0 radical (unpaired) electrons. The molecule has 2 rings (SSSR count). The zero-order valence-electron chi connectivity index (χ0n) is 8.54. The van der Waals surface area contributed by atoms with Crippen LogP contribution in [0.15, 0.2) is 11.1 Å². The summed E-state index contributed by atoms with van der Waals surface area (Å²) >= 11 is 1.09. The van der Waals surface area contributed by atoms with Crippen LogP contribution in [0.1, 0.15) is 13.3 Å². The fraction of sp³-hybridized carbons (Fsp3) is 0.500. The van der Waals surface area contributed by atoms with Crippen molar-refractivity contribution in [3.63, 3.8) is 0 Å². The monoisotopic (exact) mass is 249 g/mol. The molecule has 0 N–H and O–H groups in total. The molecule has 6 heteroatoms. The van der Waals surface area contributed by atoms with E-state index in [1.54, 1.807) is 0 Å². The van der Waals surface area contributed by atoms with E-state index < -0.39 is 17.6 Å². The first-order valence-electron chi connectivity index (χ1n) is 4.87. The summed E-state index contributed by atoms with van der Waals surface area (Å²) < 4.78 is 44.0. The molecule has 1 aromatic heterocycles. The van der Waals surface area contributed by atoms with Gasteiger partial charge < -0.3 is 4.74 Å². The summed E-state index contributed by atoms with van der Waals surface area (Å²) in [5.74, 6) is -3.36. The number of halogens is 3. The van der Waals surface area contributed by atoms with Gasteiger partial charge in [-0.3, -0.25) is 0 Å². The Morgan fingerprint density at radius 3 is 2.75 bits per heavy atom. The number of nitrogens with zero attached hydrogens (tertiary/aromatic N) is 1. The lowest BCUT2D eigenvalue weighted by molar-refractivity contribution is 0.127. The maximum atomic E-state index is 13.3. The van der Waals surface area contributed by atoms with Crippen LogP contribution in [-0.2, 0) is 4.74 Å². The van der Waals surface area contributed by atoms with Gasteiger partial charge in [-0.1, -0.05) is 11.8 Å². The first-order chi connectivity index (χ1) is 7.58. The van der Waals surface area contributed by atoms with Crippen molar-refractivity contribution in [2.45, 2.75) is 29.7 Å². The lowest BCUT2D eigenvalue weighted by Crippen LogP contribution is -2.14. The fourth-order valence-corrected chi connectivity index (χ4v) is 2.60. The molecular formula is C10H10F3NOS. The number of thioether (sulfide) groups is 1. The van der Waals surface area contributed by atoms with Gasteiger partial charge in [0.05, 0.1) is 6.10 Å². The van der Waals surface area contributed by atoms with Gasteiger partial charge in [0.15, 0.2) is 11.6 Å². The van der Waals surface area contributed by atoms with Crippen molar-refractivity contribution in [1.82, 2.24) is 4.98 Å². The van der Waals surface area contributed by atoms with Crippen molar-refractivity contribution in [3.8, 4) is 0 Å². The molecule has 1 saturated heterocycles. The Kier molecular flexibility index (Phi) is 3.39. The zero-order chi connectivity index (χ0) is 11.7. The minimum Gasteiger partial charge on any atom is -0.377 e. The van der Waals surface area contributed by atoms with Crippen LogP contribution in [0.4, 0.5) is 13.2 Å². The minimum atomic E-state index is -1.27. The van der Waals surface area contributed by atoms with Gasteiger partial charge in [-0.2, -0.15) is 4.39 Å². The second-order valence-corrected chi connectivity index (χ2v) is 4.80. The van der Waals surface area contributed by atoms with E-state index in [9.17, 15) is 13.2 Å². The Bertz CT molecular complexity index is 402. The summed E-state index contributed by atoms with van der Waals surface area (Å²) in [6, 6.07) is 0.519. The number of rotatable bonds is 2. The van der Waals surface area contributed by atoms with Crippen LogP contribution in [0.5, 0.6) is 0 Å². The van der Waals surface area contributed by atoms with Gasteiger partial charge in [0.1, 0.15) is 5.03 Å². The van der Waals surface area contributed by atoms with Crippen LogP contribution in [0.3, 0.4) is 0 Å². The first-order valence-corrected chi connectivity index (χ1v) is 5.75. The van der Waals surface area contributed by atoms with Crippen LogP contribution in [0, 0.1) is 17.6 Å². The highest BCUT2D eigenvalue weighted by Crippen LogP contribution is 2.33. The van der Waals surface area contributed by atoms with Gasteiger partial charge in [-0.15, -0.1) is 0 Å². The second-order valence-electron chi connectivity index (χ2n) is 3.57. The maximum absolute atomic E-state index is 13.3. The predicted octanol–water partition coefficient (Wildman–Crippen LogP) is 2.77. The maximum Gasteiger partial charge on any atom is 0.250 e. The van der Waals surface area contributed by atoms with Crippen molar-refractivity contribution in [2.75, 3.05) is 6.61 Å². The van der Waals surface area contributed by atoms with Crippen LogP contribution in [0.25, 0.3) is 0 Å². The van der Waals surface area contributed by atoms with Crippen LogP contribution < -0.4 is 0 Å². The zero-order valence-corrected chi connectivity index (χ0v) is 9.36. The van der Waals surface area contributed by atoms with E-state index in [2.05, 4.69) is 4.98 Å². The van der Waals surface area contributed by atoms with E-state index in [1.165, 1.54) is 0 Å². The Morgan fingerprint density at radius 1 is 1.38 bits per heavy atom. The Morgan fingerprint density at radius 2 is 2.12 bits per heavy atom. The molecule has 0 aliphatic carbocycles. The Labute approximate surface area is 95.2 Å². The summed E-state index contributed by atoms with van der Waals surface area (Å²) in [6.07, 6.45) is 0.727. The molecule has 2 heterocycles. The molecule has 1 aromatic rings. The van der Waals surface area contributed by atoms with Crippen molar-refractivity contribution >= 4 is 11.8 Å². The molecule has 2 nitrogen and oxygen atoms in total. The number of ether oxygens (including phenoxy) is 1. The van der Waals surface area contributed by atoms with Crippen molar-refractivity contribution < 1.29 is 17.9 Å². The average molecular weight is 249 g/mol. The van der Waals surface area contributed by atoms with Crippen LogP contribution in [0.2, 0.25) is 0 Å². The summed E-state index contributed by atoms with van der Waals surface area (Å²) in [7, 11) is 0. The Balaban J connectivity index is 2.18. The summed E-state index contributed by atoms with van der Waals surface area (Å²) in [5.41, 5.74) is 0. The van der Waals surface area contributed by atoms with Crippen LogP contribution >= 0.6 is 11.8 Å². The standard InChI is InChI=1S/C10H10F3NOS/c1-5-8(2-3-15-5)16-10-7(12)4-6(11)9(13)14-10/h4-5,8H,2-3H2,1H3. The molecule has 0 aromatic carbocycles. The molecular weight excluding hydrogens is 239 g/mol. The van der Waals surface area contributed by atoms with Crippen molar-refractivity contribution in [2.24, 2.45) is 0 Å². The molecule has 0 bridgehead atoms. The fourth-order valence-electron chi connectivity index (χ4n) is 1.52. The molecule has 1 fully saturated rings. The quantitative estimate of drug-likeness (QED) is 0.752. The lowest BCUT2D eigenvalue weighted by atomic mass is 10.3. The number of aromatic nitrogens is 1. The van der Waals surface area contributed by atoms with E-state index in [1.807, 2.05) is 6.92 Å². The largest absolute Gasteiger partial charge is 0.377 e. The average Bonchev–Trinajstić information content (AvgIpc) is 2.61. The molecule has 2 unspecified atom stereocenters. The smallest absolute Gasteiger partial charge is 0.250 e. The van der Waals surface area contributed by atoms with E-state index in [4.69, 9.17) is 4.74 Å². The van der Waals surface area contributed by atoms with Gasteiger partial charge in [-0.05, 0) is 13.3 Å². The predicted molar refractivity (Wildman–Crippen MR) is 53.8 cm³/mol. The van der Waals surface area contributed by atoms with E-state index in [-0.39, 0.29) is 16.4 Å². The van der Waals surface area contributed by atoms with Gasteiger partial charge in [0.2, 0.25) is 5.95 Å². The third-order valence-corrected chi connectivity index (χ3v) is 3.86. The number of hydrogen-bond donors (Lipinski definition) is 0. The van der Waals surface area contributed by atoms with Crippen LogP contribution in [-0.4, -0.2) is 22.9 Å². The highest BCUT2D eigenvalue weighted by Gasteiger charge is 2.27. The molecule has 88 valence electrons. The van der Waals surface area contributed by atoms with E-state index in [0.29, 0.717) is 12.7 Å². The van der Waals surface area contributed by atoms with Crippen molar-refractivity contribution in [3.05, 3.63) is 23.6 Å². The third kappa shape index (κ3) is 2.32. The minimum absolute atomic E-state index is 0.0284. The molecule has 0 saturated carbocycles. The molecule has 16 heavy (non-hydrogen) atoms. The van der Waals surface area contributed by atoms with Crippen molar-refractivity contribution in [1.29, 1.82) is 0 Å². The normalized spacial score (nSPS) is 25.0. The third-order valence-electron chi connectivity index (χ3n) is 2.42. The molecule has 0 spiro atoms. The van der Waals surface area contributed by atoms with Gasteiger partial charge in [0.25, 0.3) is 0 Å². The molecule has 0 amide bonds. The van der Waals surface area contributed by atoms with Gasteiger partial charge >= 0.3 is 0 Å². The van der Waals surface area contributed by atoms with E-state index in [0.717, 1.165) is 18.2 Å². The van der Waals surface area contributed by atoms with Gasteiger partial charge in [0, 0.05) is 17.9 Å². The van der Waals surface area contributed by atoms with Gasteiger partial charge in [-0.25, -0.2) is 13.8 Å². The first kappa shape index (κ1) is 11.7. The molecule has 1 aliphatic heterocycles. The summed E-state index contributed by atoms with van der Waals surface area (Å²) in [5, 5.41) is -0.0758. The van der Waals surface area contributed by atoms with E-state index >= 15 is 0 Å². The Hall–Kier alpha value is -0.750.